The number of nitrogens with zero attached hydrogens (tertiary/aromatic N) is 4. The molecule has 0 bridgehead atoms. The summed E-state index contributed by atoms with van der Waals surface area (Å²) in [4.78, 5) is 23.0. The Kier molecular flexibility index (Phi) is 7.32. The molecule has 152 valence electrons. The molecule has 10 nitrogen and oxygen atoms in total. The van der Waals surface area contributed by atoms with Crippen molar-refractivity contribution in [1.82, 2.24) is 10.2 Å². The van der Waals surface area contributed by atoms with Gasteiger partial charge in [0, 0.05) is 17.9 Å². The lowest BCUT2D eigenvalue weighted by atomic mass is 10.2. The molecular weight excluding hydrogens is 426 g/mol. The highest BCUT2D eigenvalue weighted by Gasteiger charge is 2.30. The van der Waals surface area contributed by atoms with Gasteiger partial charge in [0.25, 0.3) is 5.69 Å². The molecule has 1 aromatic carbocycles. The van der Waals surface area contributed by atoms with E-state index in [9.17, 15) is 23.3 Å². The van der Waals surface area contributed by atoms with E-state index in [2.05, 4.69) is 15.5 Å². The van der Waals surface area contributed by atoms with E-state index in [0.29, 0.717) is 4.34 Å². The Balaban J connectivity index is 2.24. The van der Waals surface area contributed by atoms with Gasteiger partial charge in [0.2, 0.25) is 21.1 Å². The van der Waals surface area contributed by atoms with E-state index in [1.807, 2.05) is 6.92 Å². The van der Waals surface area contributed by atoms with E-state index in [-0.39, 0.29) is 16.5 Å². The van der Waals surface area contributed by atoms with Gasteiger partial charge < -0.3 is 0 Å². The van der Waals surface area contributed by atoms with Crippen LogP contribution in [-0.4, -0.2) is 47.5 Å². The Morgan fingerprint density at radius 1 is 1.43 bits per heavy atom. The van der Waals surface area contributed by atoms with E-state index in [1.54, 1.807) is 0 Å². The summed E-state index contributed by atoms with van der Waals surface area (Å²) in [6.07, 6.45) is 1.90. The quantitative estimate of drug-likeness (QED) is 0.269. The number of carbonyl (C=O) groups excluding carboxylic acids is 1. The van der Waals surface area contributed by atoms with Gasteiger partial charge in [-0.2, -0.15) is 0 Å². The SMILES string of the molecule is CCCSc1nnc(NC(=O)[C@H](C)N(c2cccc([N+](=O)[O-])c2)S(C)(=O)=O)s1. The van der Waals surface area contributed by atoms with Crippen LogP contribution in [0.1, 0.15) is 20.3 Å². The Bertz CT molecular complexity index is 962. The molecule has 0 aliphatic rings. The maximum atomic E-state index is 12.6. The van der Waals surface area contributed by atoms with E-state index in [4.69, 9.17) is 0 Å². The number of benzene rings is 1. The van der Waals surface area contributed by atoms with Crippen LogP contribution in [0.5, 0.6) is 0 Å². The molecule has 2 aromatic rings. The first kappa shape index (κ1) is 22.0. The van der Waals surface area contributed by atoms with Crippen molar-refractivity contribution in [2.24, 2.45) is 0 Å². The van der Waals surface area contributed by atoms with E-state index < -0.39 is 26.9 Å². The molecule has 0 saturated carbocycles. The summed E-state index contributed by atoms with van der Waals surface area (Å²) in [5.74, 6) is 0.244. The second-order valence-corrected chi connectivity index (χ2v) is 9.90. The minimum atomic E-state index is -3.89. The van der Waals surface area contributed by atoms with Gasteiger partial charge in [-0.3, -0.25) is 24.5 Å². The molecule has 0 spiro atoms. The van der Waals surface area contributed by atoms with Crippen LogP contribution in [0, 0.1) is 10.1 Å². The zero-order valence-electron chi connectivity index (χ0n) is 15.4. The van der Waals surface area contributed by atoms with Gasteiger partial charge in [-0.1, -0.05) is 36.1 Å². The van der Waals surface area contributed by atoms with Crippen LogP contribution in [0.25, 0.3) is 0 Å². The molecule has 28 heavy (non-hydrogen) atoms. The van der Waals surface area contributed by atoms with Gasteiger partial charge in [0.15, 0.2) is 4.34 Å². The third-order valence-corrected chi connectivity index (χ3v) is 6.87. The van der Waals surface area contributed by atoms with Gasteiger partial charge in [0.05, 0.1) is 16.9 Å². The topological polar surface area (TPSA) is 135 Å². The van der Waals surface area contributed by atoms with Crippen LogP contribution >= 0.6 is 23.1 Å². The number of nitro groups is 1. The molecule has 0 unspecified atom stereocenters. The number of anilines is 2. The number of aromatic nitrogens is 2. The van der Waals surface area contributed by atoms with Crippen LogP contribution in [-0.2, 0) is 14.8 Å². The lowest BCUT2D eigenvalue weighted by Gasteiger charge is -2.27. The first-order chi connectivity index (χ1) is 13.1. The summed E-state index contributed by atoms with van der Waals surface area (Å²) < 4.78 is 26.1. The van der Waals surface area contributed by atoms with Crippen molar-refractivity contribution in [2.45, 2.75) is 30.6 Å². The molecule has 0 fully saturated rings. The Morgan fingerprint density at radius 2 is 2.14 bits per heavy atom. The number of amides is 1. The highest BCUT2D eigenvalue weighted by Crippen LogP contribution is 2.28. The molecule has 1 amide bonds. The van der Waals surface area contributed by atoms with Gasteiger partial charge in [-0.15, -0.1) is 10.2 Å². The zero-order valence-corrected chi connectivity index (χ0v) is 17.8. The minimum absolute atomic E-state index is 0.0239. The van der Waals surface area contributed by atoms with Crippen molar-refractivity contribution in [1.29, 1.82) is 0 Å². The second kappa shape index (κ2) is 9.30. The molecule has 1 N–H and O–H groups in total. The maximum Gasteiger partial charge on any atom is 0.271 e. The predicted octanol–water partition coefficient (Wildman–Crippen LogP) is 2.74. The van der Waals surface area contributed by atoms with Crippen LogP contribution < -0.4 is 9.62 Å². The number of sulfonamides is 1. The monoisotopic (exact) mass is 445 g/mol. The van der Waals surface area contributed by atoms with Crippen molar-refractivity contribution in [2.75, 3.05) is 21.6 Å². The average molecular weight is 446 g/mol. The number of carbonyl (C=O) groups is 1. The Labute approximate surface area is 170 Å². The van der Waals surface area contributed by atoms with Crippen LogP contribution in [0.2, 0.25) is 0 Å². The molecule has 13 heteroatoms. The Hall–Kier alpha value is -2.25. The number of hydrogen-bond donors (Lipinski definition) is 1. The van der Waals surface area contributed by atoms with E-state index in [0.717, 1.165) is 28.8 Å². The van der Waals surface area contributed by atoms with Crippen LogP contribution in [0.15, 0.2) is 28.6 Å². The number of thioether (sulfide) groups is 1. The van der Waals surface area contributed by atoms with E-state index >= 15 is 0 Å². The Morgan fingerprint density at radius 3 is 2.75 bits per heavy atom. The molecule has 1 aromatic heterocycles. The lowest BCUT2D eigenvalue weighted by Crippen LogP contribution is -2.45. The van der Waals surface area contributed by atoms with Gasteiger partial charge >= 0.3 is 0 Å². The summed E-state index contributed by atoms with van der Waals surface area (Å²) in [6.45, 7) is 3.43. The number of hydrogen-bond acceptors (Lipinski definition) is 9. The minimum Gasteiger partial charge on any atom is -0.299 e. The van der Waals surface area contributed by atoms with Crippen LogP contribution in [0.3, 0.4) is 0 Å². The number of nitrogens with one attached hydrogen (secondary N) is 1. The molecule has 0 aliphatic heterocycles. The van der Waals surface area contributed by atoms with Crippen molar-refractivity contribution in [3.8, 4) is 0 Å². The number of rotatable bonds is 9. The summed E-state index contributed by atoms with van der Waals surface area (Å²) in [5, 5.41) is 21.6. The summed E-state index contributed by atoms with van der Waals surface area (Å²) >= 11 is 2.70. The summed E-state index contributed by atoms with van der Waals surface area (Å²) in [5.41, 5.74) is -0.253. The largest absolute Gasteiger partial charge is 0.299 e. The van der Waals surface area contributed by atoms with Gasteiger partial charge in [0.1, 0.15) is 6.04 Å². The molecule has 2 rings (SSSR count). The molecular formula is C15H19N5O5S3. The summed E-state index contributed by atoms with van der Waals surface area (Å²) in [7, 11) is -3.89. The maximum absolute atomic E-state index is 12.6. The van der Waals surface area contributed by atoms with Crippen molar-refractivity contribution >= 4 is 55.5 Å². The molecule has 0 saturated heterocycles. The van der Waals surface area contributed by atoms with Crippen LogP contribution in [0.4, 0.5) is 16.5 Å². The first-order valence-electron chi connectivity index (χ1n) is 8.14. The average Bonchev–Trinajstić information content (AvgIpc) is 3.06. The van der Waals surface area contributed by atoms with E-state index in [1.165, 1.54) is 48.2 Å². The van der Waals surface area contributed by atoms with Gasteiger partial charge in [-0.05, 0) is 19.4 Å². The smallest absolute Gasteiger partial charge is 0.271 e. The molecule has 0 aliphatic carbocycles. The predicted molar refractivity (Wildman–Crippen MR) is 109 cm³/mol. The fourth-order valence-electron chi connectivity index (χ4n) is 2.27. The third kappa shape index (κ3) is 5.62. The summed E-state index contributed by atoms with van der Waals surface area (Å²) in [6, 6.07) is 3.94. The fraction of sp³-hybridized carbons (Fsp3) is 0.400. The normalized spacial score (nSPS) is 12.4. The molecule has 1 atom stereocenters. The standard InChI is InChI=1S/C15H19N5O5S3/c1-4-8-26-15-18-17-14(27-15)16-13(21)10(2)19(28(3,24)25)11-6-5-7-12(9-11)20(22)23/h5-7,9-10H,4,8H2,1-3H3,(H,16,17,21)/t10-/m0/s1. The highest BCUT2D eigenvalue weighted by atomic mass is 32.2. The van der Waals surface area contributed by atoms with Crippen molar-refractivity contribution in [3.05, 3.63) is 34.4 Å². The molecule has 0 radical (unpaired) electrons. The highest BCUT2D eigenvalue weighted by molar-refractivity contribution is 8.01. The number of nitro benzene ring substituents is 1. The third-order valence-electron chi connectivity index (χ3n) is 3.45. The molecule has 1 heterocycles. The second-order valence-electron chi connectivity index (χ2n) is 5.72. The van der Waals surface area contributed by atoms with Crippen molar-refractivity contribution in [3.63, 3.8) is 0 Å². The van der Waals surface area contributed by atoms with Crippen molar-refractivity contribution < 1.29 is 18.1 Å². The van der Waals surface area contributed by atoms with Gasteiger partial charge in [-0.25, -0.2) is 8.42 Å². The first-order valence-corrected chi connectivity index (χ1v) is 11.8. The number of non-ortho nitro benzene ring substituents is 1. The fourth-order valence-corrected chi connectivity index (χ4v) is 5.12. The zero-order chi connectivity index (χ0) is 20.9. The lowest BCUT2D eigenvalue weighted by molar-refractivity contribution is -0.384.